The van der Waals surface area contributed by atoms with Gasteiger partial charge in [0.2, 0.25) is 0 Å². The summed E-state index contributed by atoms with van der Waals surface area (Å²) in [4.78, 5) is 19.8. The zero-order chi connectivity index (χ0) is 15.7. The standard InChI is InChI=1S/C15H15FN4O2/c1-3-19-8-17-6-11(19)7-20-9-18-14-12(16)4-10(5-13(14)20)15(21)22-2/h4-6,8-9H,3,7H2,1-2H3. The number of imidazole rings is 2. The van der Waals surface area contributed by atoms with Crippen LogP contribution in [0.15, 0.2) is 31.0 Å². The number of aromatic nitrogens is 4. The molecule has 2 heterocycles. The molecular weight excluding hydrogens is 287 g/mol. The first-order chi connectivity index (χ1) is 10.6. The number of esters is 1. The van der Waals surface area contributed by atoms with Gasteiger partial charge in [-0.15, -0.1) is 0 Å². The molecule has 0 unspecified atom stereocenters. The lowest BCUT2D eigenvalue weighted by molar-refractivity contribution is 0.0600. The van der Waals surface area contributed by atoms with E-state index in [1.165, 1.54) is 7.11 Å². The highest BCUT2D eigenvalue weighted by Crippen LogP contribution is 2.20. The lowest BCUT2D eigenvalue weighted by Crippen LogP contribution is -2.06. The average Bonchev–Trinajstić information content (AvgIpc) is 3.14. The van der Waals surface area contributed by atoms with E-state index in [0.717, 1.165) is 18.3 Å². The van der Waals surface area contributed by atoms with Crippen molar-refractivity contribution in [3.8, 4) is 0 Å². The summed E-state index contributed by atoms with van der Waals surface area (Å²) in [7, 11) is 1.27. The van der Waals surface area contributed by atoms with Crippen molar-refractivity contribution in [1.29, 1.82) is 0 Å². The number of benzene rings is 1. The first kappa shape index (κ1) is 14.2. The number of ether oxygens (including phenoxy) is 1. The van der Waals surface area contributed by atoms with E-state index in [1.807, 2.05) is 11.5 Å². The molecule has 3 rings (SSSR count). The summed E-state index contributed by atoms with van der Waals surface area (Å²) < 4.78 is 22.5. The maximum absolute atomic E-state index is 14.1. The van der Waals surface area contributed by atoms with Crippen LogP contribution in [0.25, 0.3) is 11.0 Å². The van der Waals surface area contributed by atoms with Crippen LogP contribution in [0.2, 0.25) is 0 Å². The van der Waals surface area contributed by atoms with Gasteiger partial charge in [-0.25, -0.2) is 19.2 Å². The summed E-state index contributed by atoms with van der Waals surface area (Å²) in [6.45, 7) is 3.31. The molecule has 22 heavy (non-hydrogen) atoms. The molecule has 114 valence electrons. The predicted molar refractivity (Wildman–Crippen MR) is 78.0 cm³/mol. The molecule has 0 amide bonds. The van der Waals surface area contributed by atoms with Crippen molar-refractivity contribution in [3.63, 3.8) is 0 Å². The number of carbonyl (C=O) groups is 1. The molecule has 6 nitrogen and oxygen atoms in total. The summed E-state index contributed by atoms with van der Waals surface area (Å²) in [6, 6.07) is 2.73. The third-order valence-electron chi connectivity index (χ3n) is 3.57. The van der Waals surface area contributed by atoms with Crippen molar-refractivity contribution in [1.82, 2.24) is 19.1 Å². The Kier molecular flexibility index (Phi) is 3.62. The number of methoxy groups -OCH3 is 1. The van der Waals surface area contributed by atoms with Gasteiger partial charge in [-0.2, -0.15) is 0 Å². The Morgan fingerprint density at radius 2 is 2.14 bits per heavy atom. The minimum atomic E-state index is -0.577. The fourth-order valence-electron chi connectivity index (χ4n) is 2.42. The van der Waals surface area contributed by atoms with Crippen LogP contribution in [0.1, 0.15) is 23.0 Å². The molecular formula is C15H15FN4O2. The molecule has 2 aromatic heterocycles. The number of aryl methyl sites for hydroxylation is 1. The highest BCUT2D eigenvalue weighted by molar-refractivity contribution is 5.93. The van der Waals surface area contributed by atoms with Gasteiger partial charge in [0, 0.05) is 12.7 Å². The largest absolute Gasteiger partial charge is 0.465 e. The van der Waals surface area contributed by atoms with Crippen LogP contribution in [0.3, 0.4) is 0 Å². The molecule has 3 aromatic rings. The van der Waals surface area contributed by atoms with E-state index in [9.17, 15) is 9.18 Å². The van der Waals surface area contributed by atoms with Crippen molar-refractivity contribution in [2.45, 2.75) is 20.0 Å². The molecule has 0 spiro atoms. The van der Waals surface area contributed by atoms with Crippen LogP contribution >= 0.6 is 0 Å². The first-order valence-electron chi connectivity index (χ1n) is 6.85. The molecule has 0 aliphatic heterocycles. The molecule has 0 aliphatic rings. The smallest absolute Gasteiger partial charge is 0.338 e. The summed E-state index contributed by atoms with van der Waals surface area (Å²) in [5.74, 6) is -1.12. The Bertz CT molecular complexity index is 837. The van der Waals surface area contributed by atoms with Gasteiger partial charge in [-0.05, 0) is 19.1 Å². The number of carbonyl (C=O) groups excluding carboxylic acids is 1. The fraction of sp³-hybridized carbons (Fsp3) is 0.267. The van der Waals surface area contributed by atoms with Crippen molar-refractivity contribution < 1.29 is 13.9 Å². The number of halogens is 1. The van der Waals surface area contributed by atoms with Crippen LogP contribution in [-0.2, 0) is 17.8 Å². The lowest BCUT2D eigenvalue weighted by Gasteiger charge is -2.08. The SMILES string of the molecule is CCn1cncc1Cn1cnc2c(F)cc(C(=O)OC)cc21. The van der Waals surface area contributed by atoms with Gasteiger partial charge in [-0.1, -0.05) is 0 Å². The average molecular weight is 302 g/mol. The number of fused-ring (bicyclic) bond motifs is 1. The second kappa shape index (κ2) is 5.59. The van der Waals surface area contributed by atoms with Crippen LogP contribution in [-0.4, -0.2) is 32.2 Å². The Balaban J connectivity index is 2.07. The Morgan fingerprint density at radius 1 is 1.32 bits per heavy atom. The van der Waals surface area contributed by atoms with Gasteiger partial charge in [0.1, 0.15) is 5.52 Å². The number of nitrogens with zero attached hydrogens (tertiary/aromatic N) is 4. The lowest BCUT2D eigenvalue weighted by atomic mass is 10.2. The zero-order valence-corrected chi connectivity index (χ0v) is 12.3. The molecule has 0 fully saturated rings. The van der Waals surface area contributed by atoms with Crippen molar-refractivity contribution >= 4 is 17.0 Å². The maximum atomic E-state index is 14.1. The molecule has 7 heteroatoms. The molecule has 0 radical (unpaired) electrons. The van der Waals surface area contributed by atoms with Crippen LogP contribution in [0.5, 0.6) is 0 Å². The molecule has 0 saturated heterocycles. The van der Waals surface area contributed by atoms with Gasteiger partial charge in [0.05, 0.1) is 43.1 Å². The number of hydrogen-bond acceptors (Lipinski definition) is 4. The van der Waals surface area contributed by atoms with Gasteiger partial charge in [0.15, 0.2) is 5.82 Å². The predicted octanol–water partition coefficient (Wildman–Crippen LogP) is 2.23. The number of hydrogen-bond donors (Lipinski definition) is 0. The van der Waals surface area contributed by atoms with Crippen LogP contribution < -0.4 is 0 Å². The molecule has 0 saturated carbocycles. The third-order valence-corrected chi connectivity index (χ3v) is 3.57. The van der Waals surface area contributed by atoms with E-state index in [1.54, 1.807) is 29.5 Å². The molecule has 0 bridgehead atoms. The van der Waals surface area contributed by atoms with Crippen LogP contribution in [0, 0.1) is 5.82 Å². The van der Waals surface area contributed by atoms with E-state index < -0.39 is 11.8 Å². The first-order valence-corrected chi connectivity index (χ1v) is 6.85. The van der Waals surface area contributed by atoms with Gasteiger partial charge >= 0.3 is 5.97 Å². The highest BCUT2D eigenvalue weighted by Gasteiger charge is 2.15. The third kappa shape index (κ3) is 2.34. The van der Waals surface area contributed by atoms with Gasteiger partial charge in [-0.3, -0.25) is 0 Å². The van der Waals surface area contributed by atoms with Gasteiger partial charge < -0.3 is 13.9 Å². The van der Waals surface area contributed by atoms with Crippen molar-refractivity contribution in [3.05, 3.63) is 48.1 Å². The molecule has 0 aliphatic carbocycles. The normalized spacial score (nSPS) is 11.0. The summed E-state index contributed by atoms with van der Waals surface area (Å²) in [6.07, 6.45) is 5.06. The number of rotatable bonds is 4. The van der Waals surface area contributed by atoms with E-state index in [-0.39, 0.29) is 11.1 Å². The summed E-state index contributed by atoms with van der Waals surface area (Å²) in [5.41, 5.74) is 1.92. The van der Waals surface area contributed by atoms with Crippen molar-refractivity contribution in [2.24, 2.45) is 0 Å². The quantitative estimate of drug-likeness (QED) is 0.693. The second-order valence-electron chi connectivity index (χ2n) is 4.86. The minimum absolute atomic E-state index is 0.165. The summed E-state index contributed by atoms with van der Waals surface area (Å²) >= 11 is 0. The fourth-order valence-corrected chi connectivity index (χ4v) is 2.42. The van der Waals surface area contributed by atoms with Gasteiger partial charge in [0.25, 0.3) is 0 Å². The zero-order valence-electron chi connectivity index (χ0n) is 12.3. The van der Waals surface area contributed by atoms with E-state index >= 15 is 0 Å². The van der Waals surface area contributed by atoms with E-state index in [0.29, 0.717) is 12.1 Å². The molecule has 0 N–H and O–H groups in total. The Hall–Kier alpha value is -2.70. The van der Waals surface area contributed by atoms with Crippen LogP contribution in [0.4, 0.5) is 4.39 Å². The molecule has 1 aromatic carbocycles. The Morgan fingerprint density at radius 3 is 2.86 bits per heavy atom. The topological polar surface area (TPSA) is 61.9 Å². The highest BCUT2D eigenvalue weighted by atomic mass is 19.1. The molecule has 0 atom stereocenters. The maximum Gasteiger partial charge on any atom is 0.338 e. The monoisotopic (exact) mass is 302 g/mol. The van der Waals surface area contributed by atoms with Crippen molar-refractivity contribution in [2.75, 3.05) is 7.11 Å². The minimum Gasteiger partial charge on any atom is -0.465 e. The van der Waals surface area contributed by atoms with E-state index in [2.05, 4.69) is 14.7 Å². The summed E-state index contributed by atoms with van der Waals surface area (Å²) in [5, 5.41) is 0. The van der Waals surface area contributed by atoms with E-state index in [4.69, 9.17) is 0 Å². The Labute approximate surface area is 126 Å². The second-order valence-corrected chi connectivity index (χ2v) is 4.86.